The molecule has 0 N–H and O–H groups in total. The van der Waals surface area contributed by atoms with E-state index in [9.17, 15) is 4.21 Å². The molecule has 1 unspecified atom stereocenters. The maximum atomic E-state index is 12.1. The van der Waals surface area contributed by atoms with Crippen molar-refractivity contribution >= 4 is 21.9 Å². The van der Waals surface area contributed by atoms with Crippen LogP contribution in [0.3, 0.4) is 0 Å². The molecule has 20 heavy (non-hydrogen) atoms. The van der Waals surface area contributed by atoms with Crippen LogP contribution in [-0.2, 0) is 11.1 Å². The maximum absolute atomic E-state index is 12.1. The highest BCUT2D eigenvalue weighted by Gasteiger charge is 2.07. The van der Waals surface area contributed by atoms with Crippen LogP contribution in [0.15, 0.2) is 65.7 Å². The number of nitrogens with zero attached hydrogens (tertiary/aromatic N) is 1. The van der Waals surface area contributed by atoms with Crippen LogP contribution in [0.4, 0.5) is 0 Å². The van der Waals surface area contributed by atoms with Gasteiger partial charge >= 0.3 is 0 Å². The van der Waals surface area contributed by atoms with E-state index >= 15 is 0 Å². The number of aromatic nitrogens is 1. The fourth-order valence-electron chi connectivity index (χ4n) is 2.03. The molecule has 3 rings (SSSR count). The Bertz CT molecular complexity index is 772. The molecule has 0 saturated carbocycles. The first kappa shape index (κ1) is 12.8. The third kappa shape index (κ3) is 2.56. The van der Waals surface area contributed by atoms with Crippen LogP contribution in [0, 0.1) is 6.92 Å². The Balaban J connectivity index is 1.90. The Morgan fingerprint density at radius 1 is 1.05 bits per heavy atom. The van der Waals surface area contributed by atoms with Crippen molar-refractivity contribution in [3.8, 4) is 5.75 Å². The quantitative estimate of drug-likeness (QED) is 0.736. The molecule has 0 aliphatic heterocycles. The van der Waals surface area contributed by atoms with Gasteiger partial charge in [0.1, 0.15) is 5.75 Å². The molecule has 0 aliphatic rings. The number of fused-ring (bicyclic) bond motifs is 1. The number of hydrogen-bond acceptors (Lipinski definition) is 3. The molecule has 3 aromatic rings. The molecule has 4 heteroatoms. The van der Waals surface area contributed by atoms with Gasteiger partial charge in [0.15, 0.2) is 0 Å². The minimum absolute atomic E-state index is 0.588. The summed E-state index contributed by atoms with van der Waals surface area (Å²) < 4.78 is 17.6. The van der Waals surface area contributed by atoms with E-state index in [1.807, 2.05) is 49.4 Å². The monoisotopic (exact) mass is 283 g/mol. The molecule has 1 atom stereocenters. The summed E-state index contributed by atoms with van der Waals surface area (Å²) in [6.07, 6.45) is 1.76. The Hall–Kier alpha value is -2.20. The maximum Gasteiger partial charge on any atom is 0.240 e. The predicted octanol–water partition coefficient (Wildman–Crippen LogP) is 3.64. The van der Waals surface area contributed by atoms with E-state index in [1.54, 1.807) is 18.3 Å². The van der Waals surface area contributed by atoms with Gasteiger partial charge in [0.05, 0.1) is 4.90 Å². The number of aryl methyl sites for hydroxylation is 1. The first-order valence-electron chi connectivity index (χ1n) is 6.24. The van der Waals surface area contributed by atoms with E-state index in [1.165, 1.54) is 0 Å². The minimum atomic E-state index is -1.50. The SMILES string of the molecule is Cc1nccc2cc(OS(=O)c3ccccc3)ccc12. The van der Waals surface area contributed by atoms with Crippen LogP contribution in [0.5, 0.6) is 5.75 Å². The zero-order valence-electron chi connectivity index (χ0n) is 10.9. The summed E-state index contributed by atoms with van der Waals surface area (Å²) in [7, 11) is 0. The minimum Gasteiger partial charge on any atom is -0.397 e. The topological polar surface area (TPSA) is 39.2 Å². The molecule has 2 aromatic carbocycles. The molecule has 0 bridgehead atoms. The first-order chi connectivity index (χ1) is 9.74. The van der Waals surface area contributed by atoms with Crippen molar-refractivity contribution in [3.63, 3.8) is 0 Å². The number of rotatable bonds is 3. The number of pyridine rings is 1. The van der Waals surface area contributed by atoms with Crippen molar-refractivity contribution in [1.82, 2.24) is 4.98 Å². The second kappa shape index (κ2) is 5.43. The molecular formula is C16H13NO2S. The highest BCUT2D eigenvalue weighted by molar-refractivity contribution is 7.80. The van der Waals surface area contributed by atoms with Gasteiger partial charge in [0, 0.05) is 17.3 Å². The lowest BCUT2D eigenvalue weighted by Crippen LogP contribution is -2.00. The normalized spacial score (nSPS) is 12.2. The van der Waals surface area contributed by atoms with Gasteiger partial charge in [-0.25, -0.2) is 4.21 Å². The van der Waals surface area contributed by atoms with Gasteiger partial charge < -0.3 is 4.18 Å². The van der Waals surface area contributed by atoms with Crippen LogP contribution >= 0.6 is 0 Å². The molecule has 1 aromatic heterocycles. The fraction of sp³-hybridized carbons (Fsp3) is 0.0625. The fourth-order valence-corrected chi connectivity index (χ4v) is 2.78. The second-order valence-electron chi connectivity index (χ2n) is 4.41. The summed E-state index contributed by atoms with van der Waals surface area (Å²) in [5.41, 5.74) is 0.971. The van der Waals surface area contributed by atoms with Crippen LogP contribution < -0.4 is 4.18 Å². The molecule has 3 nitrogen and oxygen atoms in total. The molecule has 0 spiro atoms. The van der Waals surface area contributed by atoms with Crippen molar-refractivity contribution < 1.29 is 8.39 Å². The lowest BCUT2D eigenvalue weighted by molar-refractivity contribution is 0.562. The summed E-state index contributed by atoms with van der Waals surface area (Å²) >= 11 is -1.50. The predicted molar refractivity (Wildman–Crippen MR) is 80.0 cm³/mol. The number of hydrogen-bond donors (Lipinski definition) is 0. The third-order valence-electron chi connectivity index (χ3n) is 3.04. The first-order valence-corrected chi connectivity index (χ1v) is 7.32. The lowest BCUT2D eigenvalue weighted by atomic mass is 10.1. The summed E-state index contributed by atoms with van der Waals surface area (Å²) in [6.45, 7) is 1.96. The van der Waals surface area contributed by atoms with E-state index in [0.29, 0.717) is 10.6 Å². The highest BCUT2D eigenvalue weighted by Crippen LogP contribution is 2.23. The van der Waals surface area contributed by atoms with E-state index < -0.39 is 11.1 Å². The summed E-state index contributed by atoms with van der Waals surface area (Å²) in [5, 5.41) is 2.10. The van der Waals surface area contributed by atoms with E-state index in [0.717, 1.165) is 16.5 Å². The average Bonchev–Trinajstić information content (AvgIpc) is 2.48. The average molecular weight is 283 g/mol. The molecule has 0 aliphatic carbocycles. The third-order valence-corrected chi connectivity index (χ3v) is 4.04. The largest absolute Gasteiger partial charge is 0.397 e. The Labute approximate surface area is 119 Å². The molecule has 0 amide bonds. The van der Waals surface area contributed by atoms with Gasteiger partial charge in [-0.05, 0) is 48.7 Å². The van der Waals surface area contributed by atoms with Crippen molar-refractivity contribution in [3.05, 3.63) is 66.5 Å². The van der Waals surface area contributed by atoms with Crippen LogP contribution in [0.25, 0.3) is 10.8 Å². The molecule has 0 saturated heterocycles. The van der Waals surface area contributed by atoms with Crippen molar-refractivity contribution in [2.75, 3.05) is 0 Å². The zero-order chi connectivity index (χ0) is 13.9. The van der Waals surface area contributed by atoms with Gasteiger partial charge in [0.2, 0.25) is 11.1 Å². The lowest BCUT2D eigenvalue weighted by Gasteiger charge is -2.07. The van der Waals surface area contributed by atoms with Gasteiger partial charge in [-0.1, -0.05) is 18.2 Å². The molecule has 0 radical (unpaired) electrons. The second-order valence-corrected chi connectivity index (χ2v) is 5.52. The van der Waals surface area contributed by atoms with Crippen LogP contribution in [0.2, 0.25) is 0 Å². The molecule has 0 fully saturated rings. The summed E-state index contributed by atoms with van der Waals surface area (Å²) in [5.74, 6) is 0.588. The van der Waals surface area contributed by atoms with E-state index in [-0.39, 0.29) is 0 Å². The molecule has 100 valence electrons. The zero-order valence-corrected chi connectivity index (χ0v) is 11.8. The highest BCUT2D eigenvalue weighted by atomic mass is 32.2. The van der Waals surface area contributed by atoms with E-state index in [4.69, 9.17) is 4.18 Å². The smallest absolute Gasteiger partial charge is 0.240 e. The van der Waals surface area contributed by atoms with Crippen molar-refractivity contribution in [2.24, 2.45) is 0 Å². The van der Waals surface area contributed by atoms with Crippen LogP contribution in [0.1, 0.15) is 5.69 Å². The Morgan fingerprint density at radius 2 is 1.85 bits per heavy atom. The van der Waals surface area contributed by atoms with Crippen molar-refractivity contribution in [1.29, 1.82) is 0 Å². The van der Waals surface area contributed by atoms with Gasteiger partial charge in [0.25, 0.3) is 0 Å². The Kier molecular flexibility index (Phi) is 3.48. The summed E-state index contributed by atoms with van der Waals surface area (Å²) in [4.78, 5) is 4.90. The van der Waals surface area contributed by atoms with Gasteiger partial charge in [-0.2, -0.15) is 0 Å². The molecular weight excluding hydrogens is 270 g/mol. The summed E-state index contributed by atoms with van der Waals surface area (Å²) in [6, 6.07) is 16.7. The standard InChI is InChI=1S/C16H13NO2S/c1-12-16-8-7-14(11-13(16)9-10-17-12)19-20(18)15-5-3-2-4-6-15/h2-11H,1H3. The Morgan fingerprint density at radius 3 is 2.65 bits per heavy atom. The van der Waals surface area contributed by atoms with Crippen LogP contribution in [-0.4, -0.2) is 9.19 Å². The van der Waals surface area contributed by atoms with E-state index in [2.05, 4.69) is 4.98 Å². The van der Waals surface area contributed by atoms with Gasteiger partial charge in [-0.3, -0.25) is 4.98 Å². The number of benzene rings is 2. The van der Waals surface area contributed by atoms with Gasteiger partial charge in [-0.15, -0.1) is 0 Å². The van der Waals surface area contributed by atoms with Crippen molar-refractivity contribution in [2.45, 2.75) is 11.8 Å². The molecule has 1 heterocycles.